The minimum Gasteiger partial charge on any atom is -0.100 e. The highest BCUT2D eigenvalue weighted by Gasteiger charge is 2.12. The SMILES string of the molecule is C=C(C)C.C=C(C)C1CCCCC1.C=C/C=C(/CCC)C(=C)C.CC.CC.CCCc1ccc(C)c(C)c1CC. The molecule has 0 atom stereocenters. The predicted molar refractivity (Wildman–Crippen MR) is 192 cm³/mol. The van der Waals surface area contributed by atoms with E-state index in [0.29, 0.717) is 0 Å². The van der Waals surface area contributed by atoms with E-state index in [2.05, 4.69) is 80.0 Å². The highest BCUT2D eigenvalue weighted by atomic mass is 14.2. The van der Waals surface area contributed by atoms with Crippen LogP contribution in [0.5, 0.6) is 0 Å². The van der Waals surface area contributed by atoms with Gasteiger partial charge < -0.3 is 0 Å². The van der Waals surface area contributed by atoms with Crippen molar-refractivity contribution in [3.05, 3.63) is 95.1 Å². The van der Waals surface area contributed by atoms with Crippen molar-refractivity contribution in [2.24, 2.45) is 5.92 Å². The Bertz CT molecular complexity index is 805. The summed E-state index contributed by atoms with van der Waals surface area (Å²) in [4.78, 5) is 0. The van der Waals surface area contributed by atoms with Crippen LogP contribution in [0, 0.1) is 19.8 Å². The van der Waals surface area contributed by atoms with Gasteiger partial charge in [0.1, 0.15) is 0 Å². The van der Waals surface area contributed by atoms with Gasteiger partial charge in [-0.2, -0.15) is 0 Å². The van der Waals surface area contributed by atoms with Gasteiger partial charge in [0.05, 0.1) is 0 Å². The van der Waals surface area contributed by atoms with Crippen molar-refractivity contribution in [3.63, 3.8) is 0 Å². The molecule has 0 nitrogen and oxygen atoms in total. The molecule has 2 rings (SSSR count). The molecule has 0 radical (unpaired) electrons. The first-order valence-corrected chi connectivity index (χ1v) is 16.3. The Morgan fingerprint density at radius 1 is 0.825 bits per heavy atom. The van der Waals surface area contributed by atoms with Crippen LogP contribution in [0.3, 0.4) is 0 Å². The maximum atomic E-state index is 3.98. The molecule has 0 N–H and O–H groups in total. The van der Waals surface area contributed by atoms with Gasteiger partial charge in [0.2, 0.25) is 0 Å². The third kappa shape index (κ3) is 24.9. The minimum absolute atomic E-state index is 0.860. The van der Waals surface area contributed by atoms with E-state index in [-0.39, 0.29) is 0 Å². The zero-order valence-electron chi connectivity index (χ0n) is 29.8. The van der Waals surface area contributed by atoms with Crippen LogP contribution in [-0.2, 0) is 12.8 Å². The number of benzene rings is 1. The lowest BCUT2D eigenvalue weighted by Crippen LogP contribution is -2.05. The van der Waals surface area contributed by atoms with Crippen LogP contribution in [0.15, 0.2) is 72.9 Å². The van der Waals surface area contributed by atoms with Crippen molar-refractivity contribution < 1.29 is 0 Å². The van der Waals surface area contributed by atoms with E-state index in [0.717, 1.165) is 17.9 Å². The van der Waals surface area contributed by atoms with Gasteiger partial charge in [0.15, 0.2) is 0 Å². The second-order valence-corrected chi connectivity index (χ2v) is 10.6. The first-order valence-electron chi connectivity index (χ1n) is 16.3. The second kappa shape index (κ2) is 31.4. The minimum atomic E-state index is 0.860. The quantitative estimate of drug-likeness (QED) is 0.222. The Balaban J connectivity index is -0.000000217. The highest BCUT2D eigenvalue weighted by Crippen LogP contribution is 2.28. The summed E-state index contributed by atoms with van der Waals surface area (Å²) in [7, 11) is 0. The van der Waals surface area contributed by atoms with Crippen LogP contribution in [0.1, 0.15) is 150 Å². The smallest absolute Gasteiger partial charge is 0.0209 e. The zero-order valence-corrected chi connectivity index (χ0v) is 29.8. The normalized spacial score (nSPS) is 12.1. The van der Waals surface area contributed by atoms with Crippen molar-refractivity contribution >= 4 is 0 Å². The molecule has 40 heavy (non-hydrogen) atoms. The largest absolute Gasteiger partial charge is 0.100 e. The molecule has 1 aliphatic rings. The van der Waals surface area contributed by atoms with E-state index in [9.17, 15) is 0 Å². The van der Waals surface area contributed by atoms with Crippen molar-refractivity contribution in [2.45, 2.75) is 154 Å². The highest BCUT2D eigenvalue weighted by molar-refractivity contribution is 5.39. The summed E-state index contributed by atoms with van der Waals surface area (Å²) >= 11 is 0. The van der Waals surface area contributed by atoms with Crippen molar-refractivity contribution in [1.29, 1.82) is 0 Å². The first-order chi connectivity index (χ1) is 19.0. The van der Waals surface area contributed by atoms with E-state index in [4.69, 9.17) is 0 Å². The Morgan fingerprint density at radius 3 is 1.65 bits per heavy atom. The number of allylic oxidation sites excluding steroid dienone is 6. The Hall–Kier alpha value is -2.08. The van der Waals surface area contributed by atoms with E-state index in [1.807, 2.05) is 60.6 Å². The molecule has 0 unspecified atom stereocenters. The van der Waals surface area contributed by atoms with Crippen molar-refractivity contribution in [2.75, 3.05) is 0 Å². The molecule has 0 spiro atoms. The van der Waals surface area contributed by atoms with Gasteiger partial charge in [-0.15, -0.1) is 6.58 Å². The van der Waals surface area contributed by atoms with E-state index in [1.165, 1.54) is 85.6 Å². The molecule has 232 valence electrons. The second-order valence-electron chi connectivity index (χ2n) is 10.6. The molecule has 1 aromatic rings. The Kier molecular flexibility index (Phi) is 35.3. The summed E-state index contributed by atoms with van der Waals surface area (Å²) in [5, 5.41) is 0. The van der Waals surface area contributed by atoms with Gasteiger partial charge in [-0.3, -0.25) is 0 Å². The maximum absolute atomic E-state index is 3.98. The van der Waals surface area contributed by atoms with E-state index in [1.54, 1.807) is 11.1 Å². The topological polar surface area (TPSA) is 0 Å². The molecule has 0 bridgehead atoms. The molecular weight excluding hydrogens is 480 g/mol. The van der Waals surface area contributed by atoms with Crippen LogP contribution >= 0.6 is 0 Å². The number of rotatable bonds is 8. The number of hydrogen-bond acceptors (Lipinski definition) is 0. The third-order valence-electron chi connectivity index (χ3n) is 6.53. The molecule has 0 heterocycles. The Labute approximate surface area is 254 Å². The molecule has 1 fully saturated rings. The summed E-state index contributed by atoms with van der Waals surface area (Å²) < 4.78 is 0. The van der Waals surface area contributed by atoms with Crippen LogP contribution in [0.25, 0.3) is 0 Å². The van der Waals surface area contributed by atoms with Crippen LogP contribution in [0.4, 0.5) is 0 Å². The zero-order chi connectivity index (χ0) is 32.1. The summed E-state index contributed by atoms with van der Waals surface area (Å²) in [5.41, 5.74) is 11.1. The fourth-order valence-corrected chi connectivity index (χ4v) is 4.37. The summed E-state index contributed by atoms with van der Waals surface area (Å²) in [6.45, 7) is 42.3. The summed E-state index contributed by atoms with van der Waals surface area (Å²) in [5.74, 6) is 0.860. The third-order valence-corrected chi connectivity index (χ3v) is 6.53. The predicted octanol–water partition coefficient (Wildman–Crippen LogP) is 14.1. The fourth-order valence-electron chi connectivity index (χ4n) is 4.37. The van der Waals surface area contributed by atoms with E-state index >= 15 is 0 Å². The van der Waals surface area contributed by atoms with Gasteiger partial charge >= 0.3 is 0 Å². The van der Waals surface area contributed by atoms with Crippen LogP contribution in [0.2, 0.25) is 0 Å². The molecule has 1 aromatic carbocycles. The average Bonchev–Trinajstić information content (AvgIpc) is 2.94. The van der Waals surface area contributed by atoms with Crippen LogP contribution in [-0.4, -0.2) is 0 Å². The number of aryl methyl sites for hydroxylation is 2. The lowest BCUT2D eigenvalue weighted by atomic mass is 9.85. The van der Waals surface area contributed by atoms with Gasteiger partial charge in [-0.1, -0.05) is 141 Å². The molecule has 1 saturated carbocycles. The molecule has 0 saturated heterocycles. The molecule has 0 amide bonds. The van der Waals surface area contributed by atoms with Gasteiger partial charge in [0.25, 0.3) is 0 Å². The average molecular weight is 553 g/mol. The van der Waals surface area contributed by atoms with Gasteiger partial charge in [-0.25, -0.2) is 0 Å². The molecule has 0 heteroatoms. The first kappa shape index (κ1) is 44.9. The lowest BCUT2D eigenvalue weighted by molar-refractivity contribution is 0.404. The monoisotopic (exact) mass is 553 g/mol. The summed E-state index contributed by atoms with van der Waals surface area (Å²) in [6.07, 6.45) is 16.9. The molecular formula is C40H72. The molecule has 1 aliphatic carbocycles. The van der Waals surface area contributed by atoms with Gasteiger partial charge in [-0.05, 0) is 107 Å². The molecule has 0 aliphatic heterocycles. The van der Waals surface area contributed by atoms with E-state index < -0.39 is 0 Å². The number of hydrogen-bond donors (Lipinski definition) is 0. The Morgan fingerprint density at radius 2 is 1.32 bits per heavy atom. The standard InChI is InChI=1S/C13H20.C10H16.C9H16.C4H8.2C2H6/c1-5-7-12-9-8-10(3)11(4)13(12)6-2;1-5-7-10(8-6-2)9(3)4;1-8(2)9-6-4-3-5-7-9;1-4(2)3;2*1-2/h8-9H,5-7H2,1-4H3;5,7H,1,3,6,8H2,2,4H3;9H,1,3-7H2,2H3;1H2,2-3H3;2*1-2H3/b;10-7-;;;;. The van der Waals surface area contributed by atoms with Crippen molar-refractivity contribution in [1.82, 2.24) is 0 Å². The van der Waals surface area contributed by atoms with Crippen LogP contribution < -0.4 is 0 Å². The maximum Gasteiger partial charge on any atom is -0.0209 e. The lowest BCUT2D eigenvalue weighted by Gasteiger charge is -2.21. The fraction of sp³-hybridized carbons (Fsp3) is 0.600. The van der Waals surface area contributed by atoms with Gasteiger partial charge in [0, 0.05) is 0 Å². The van der Waals surface area contributed by atoms with Crippen molar-refractivity contribution in [3.8, 4) is 0 Å². The molecule has 0 aromatic heterocycles. The summed E-state index contributed by atoms with van der Waals surface area (Å²) in [6, 6.07) is 4.55.